The molecule has 0 aliphatic carbocycles. The van der Waals surface area contributed by atoms with E-state index in [1.807, 2.05) is 0 Å². The number of H-pyrrole nitrogens is 1. The van der Waals surface area contributed by atoms with E-state index < -0.39 is 11.7 Å². The third-order valence-corrected chi connectivity index (χ3v) is 2.78. The predicted molar refractivity (Wildman–Crippen MR) is 75.4 cm³/mol. The molecule has 1 aromatic carbocycles. The maximum absolute atomic E-state index is 13.8. The Hall–Kier alpha value is -2.48. The van der Waals surface area contributed by atoms with E-state index in [1.54, 1.807) is 0 Å². The number of amides is 1. The monoisotopic (exact) mass is 294 g/mol. The number of nitrogens with zero attached hydrogens (tertiary/aromatic N) is 1. The number of rotatable bonds is 4. The second kappa shape index (κ2) is 5.66. The van der Waals surface area contributed by atoms with Crippen molar-refractivity contribution in [2.45, 2.75) is 0 Å². The van der Waals surface area contributed by atoms with E-state index in [-0.39, 0.29) is 16.4 Å². The van der Waals surface area contributed by atoms with Gasteiger partial charge in [0.15, 0.2) is 0 Å². The Kier molecular flexibility index (Phi) is 3.94. The number of carbonyl (C=O) groups excluding carboxylic acids is 1. The molecule has 1 amide bonds. The Morgan fingerprint density at radius 2 is 2.25 bits per heavy atom. The molecule has 8 heteroatoms. The van der Waals surface area contributed by atoms with Crippen LogP contribution in [0.5, 0.6) is 5.75 Å². The van der Waals surface area contributed by atoms with Crippen LogP contribution >= 0.6 is 12.2 Å². The van der Waals surface area contributed by atoms with Crippen molar-refractivity contribution in [3.8, 4) is 5.75 Å². The Balaban J connectivity index is 2.24. The van der Waals surface area contributed by atoms with Crippen LogP contribution in [0.4, 0.5) is 10.2 Å². The number of benzene rings is 1. The van der Waals surface area contributed by atoms with Gasteiger partial charge in [-0.2, -0.15) is 5.10 Å². The number of hydrogen-bond acceptors (Lipinski definition) is 4. The van der Waals surface area contributed by atoms with Crippen molar-refractivity contribution in [1.29, 1.82) is 0 Å². The van der Waals surface area contributed by atoms with Gasteiger partial charge in [-0.05, 0) is 12.1 Å². The first-order valence-corrected chi connectivity index (χ1v) is 5.92. The summed E-state index contributed by atoms with van der Waals surface area (Å²) in [7, 11) is 1.41. The summed E-state index contributed by atoms with van der Waals surface area (Å²) in [6.07, 6.45) is 1.38. The molecule has 0 saturated heterocycles. The molecule has 0 atom stereocenters. The van der Waals surface area contributed by atoms with E-state index in [4.69, 9.17) is 22.7 Å². The molecule has 0 spiro atoms. The molecule has 0 radical (unpaired) electrons. The third kappa shape index (κ3) is 2.75. The standard InChI is InChI=1S/C12H11FN4O2S/c1-19-6-2-3-7(9(13)4-6)12(18)16-11-8(10(14)20)5-15-17-11/h2-5H,1H3,(H2,14,20)(H2,15,16,17,18). The van der Waals surface area contributed by atoms with Crippen LogP contribution in [0.2, 0.25) is 0 Å². The van der Waals surface area contributed by atoms with Crippen LogP contribution in [-0.4, -0.2) is 28.2 Å². The first-order valence-electron chi connectivity index (χ1n) is 5.51. The molecule has 6 nitrogen and oxygen atoms in total. The van der Waals surface area contributed by atoms with Crippen LogP contribution in [0.1, 0.15) is 15.9 Å². The number of nitrogens with two attached hydrogens (primary N) is 1. The van der Waals surface area contributed by atoms with E-state index >= 15 is 0 Å². The molecule has 2 rings (SSSR count). The summed E-state index contributed by atoms with van der Waals surface area (Å²) in [6, 6.07) is 3.93. The van der Waals surface area contributed by atoms with Crippen LogP contribution in [0.25, 0.3) is 0 Å². The van der Waals surface area contributed by atoms with Crippen molar-refractivity contribution >= 4 is 28.9 Å². The molecule has 0 saturated carbocycles. The third-order valence-electron chi connectivity index (χ3n) is 2.56. The summed E-state index contributed by atoms with van der Waals surface area (Å²) in [4.78, 5) is 12.1. The van der Waals surface area contributed by atoms with Gasteiger partial charge in [0.25, 0.3) is 5.91 Å². The zero-order valence-corrected chi connectivity index (χ0v) is 11.3. The Bertz CT molecular complexity index is 671. The number of methoxy groups -OCH3 is 1. The Labute approximate surface area is 119 Å². The zero-order chi connectivity index (χ0) is 14.7. The quantitative estimate of drug-likeness (QED) is 0.742. The van der Waals surface area contributed by atoms with Gasteiger partial charge in [-0.15, -0.1) is 0 Å². The van der Waals surface area contributed by atoms with Crippen LogP contribution in [-0.2, 0) is 0 Å². The predicted octanol–water partition coefficient (Wildman–Crippen LogP) is 1.44. The largest absolute Gasteiger partial charge is 0.497 e. The van der Waals surface area contributed by atoms with E-state index in [0.29, 0.717) is 11.3 Å². The lowest BCUT2D eigenvalue weighted by atomic mass is 10.2. The van der Waals surface area contributed by atoms with Gasteiger partial charge in [-0.25, -0.2) is 4.39 Å². The lowest BCUT2D eigenvalue weighted by Gasteiger charge is -2.07. The summed E-state index contributed by atoms with van der Waals surface area (Å²) < 4.78 is 18.6. The second-order valence-electron chi connectivity index (χ2n) is 3.82. The number of hydrogen-bond donors (Lipinski definition) is 3. The molecule has 0 fully saturated rings. The fourth-order valence-corrected chi connectivity index (χ4v) is 1.71. The Morgan fingerprint density at radius 1 is 1.50 bits per heavy atom. The minimum absolute atomic E-state index is 0.0734. The molecule has 0 bridgehead atoms. The van der Waals surface area contributed by atoms with E-state index in [1.165, 1.54) is 25.4 Å². The highest BCUT2D eigenvalue weighted by Crippen LogP contribution is 2.18. The molecule has 1 heterocycles. The molecule has 20 heavy (non-hydrogen) atoms. The van der Waals surface area contributed by atoms with Crippen LogP contribution < -0.4 is 15.8 Å². The second-order valence-corrected chi connectivity index (χ2v) is 4.26. The van der Waals surface area contributed by atoms with Crippen molar-refractivity contribution in [3.63, 3.8) is 0 Å². The van der Waals surface area contributed by atoms with E-state index in [0.717, 1.165) is 6.07 Å². The number of aromatic amines is 1. The number of nitrogens with one attached hydrogen (secondary N) is 2. The van der Waals surface area contributed by atoms with Crippen molar-refractivity contribution in [2.75, 3.05) is 12.4 Å². The molecular weight excluding hydrogens is 283 g/mol. The normalized spacial score (nSPS) is 10.1. The minimum Gasteiger partial charge on any atom is -0.497 e. The van der Waals surface area contributed by atoms with Gasteiger partial charge in [0, 0.05) is 6.07 Å². The summed E-state index contributed by atoms with van der Waals surface area (Å²) in [5, 5.41) is 8.71. The number of carbonyl (C=O) groups is 1. The van der Waals surface area contributed by atoms with Gasteiger partial charge in [0.2, 0.25) is 0 Å². The lowest BCUT2D eigenvalue weighted by Crippen LogP contribution is -2.18. The van der Waals surface area contributed by atoms with Gasteiger partial charge in [-0.1, -0.05) is 12.2 Å². The molecule has 0 unspecified atom stereocenters. The molecule has 2 aromatic rings. The lowest BCUT2D eigenvalue weighted by molar-refractivity contribution is 0.102. The molecule has 104 valence electrons. The van der Waals surface area contributed by atoms with Crippen molar-refractivity contribution in [3.05, 3.63) is 41.3 Å². The van der Waals surface area contributed by atoms with Crippen molar-refractivity contribution < 1.29 is 13.9 Å². The van der Waals surface area contributed by atoms with Gasteiger partial charge in [-0.3, -0.25) is 9.89 Å². The average molecular weight is 294 g/mol. The molecule has 1 aromatic heterocycles. The van der Waals surface area contributed by atoms with Gasteiger partial charge in [0.05, 0.1) is 24.4 Å². The van der Waals surface area contributed by atoms with Gasteiger partial charge < -0.3 is 15.8 Å². The highest BCUT2D eigenvalue weighted by molar-refractivity contribution is 7.80. The number of ether oxygens (including phenoxy) is 1. The molecular formula is C12H11FN4O2S. The van der Waals surface area contributed by atoms with Crippen LogP contribution in [0, 0.1) is 5.82 Å². The maximum atomic E-state index is 13.8. The summed E-state index contributed by atoms with van der Waals surface area (Å²) in [5.74, 6) is -0.799. The number of aromatic nitrogens is 2. The zero-order valence-electron chi connectivity index (χ0n) is 10.4. The highest BCUT2D eigenvalue weighted by Gasteiger charge is 2.16. The van der Waals surface area contributed by atoms with E-state index in [9.17, 15) is 9.18 Å². The minimum atomic E-state index is -0.696. The van der Waals surface area contributed by atoms with Crippen molar-refractivity contribution in [1.82, 2.24) is 10.2 Å². The topological polar surface area (TPSA) is 93.0 Å². The van der Waals surface area contributed by atoms with Crippen LogP contribution in [0.3, 0.4) is 0 Å². The summed E-state index contributed by atoms with van der Waals surface area (Å²) in [6.45, 7) is 0. The van der Waals surface area contributed by atoms with Crippen LogP contribution in [0.15, 0.2) is 24.4 Å². The van der Waals surface area contributed by atoms with E-state index in [2.05, 4.69) is 15.5 Å². The van der Waals surface area contributed by atoms with Gasteiger partial charge in [0.1, 0.15) is 22.4 Å². The average Bonchev–Trinajstić information content (AvgIpc) is 2.86. The first-order chi connectivity index (χ1) is 9.52. The van der Waals surface area contributed by atoms with Crippen molar-refractivity contribution in [2.24, 2.45) is 5.73 Å². The number of anilines is 1. The van der Waals surface area contributed by atoms with Gasteiger partial charge >= 0.3 is 0 Å². The fraction of sp³-hybridized carbons (Fsp3) is 0.0833. The molecule has 0 aliphatic rings. The Morgan fingerprint density at radius 3 is 2.85 bits per heavy atom. The smallest absolute Gasteiger partial charge is 0.259 e. The SMILES string of the molecule is COc1ccc(C(=O)Nc2[nH]ncc2C(N)=S)c(F)c1. The highest BCUT2D eigenvalue weighted by atomic mass is 32.1. The number of thiocarbonyl (C=S) groups is 1. The summed E-state index contributed by atoms with van der Waals surface area (Å²) >= 11 is 4.81. The molecule has 4 N–H and O–H groups in total. The maximum Gasteiger partial charge on any atom is 0.259 e. The number of halogens is 1. The first kappa shape index (κ1) is 13.9. The molecule has 0 aliphatic heterocycles. The summed E-state index contributed by atoms with van der Waals surface area (Å²) in [5.41, 5.74) is 5.72. The fourth-order valence-electron chi connectivity index (χ4n) is 1.56.